The first-order valence-electron chi connectivity index (χ1n) is 6.24. The number of hydrogen-bond acceptors (Lipinski definition) is 3. The summed E-state index contributed by atoms with van der Waals surface area (Å²) in [5.74, 6) is -0.361. The maximum atomic E-state index is 11.6. The van der Waals surface area contributed by atoms with Crippen molar-refractivity contribution in [3.8, 4) is 0 Å². The summed E-state index contributed by atoms with van der Waals surface area (Å²) in [6.07, 6.45) is 2.47. The Bertz CT molecular complexity index is 242. The van der Waals surface area contributed by atoms with E-state index in [1.165, 1.54) is 0 Å². The highest BCUT2D eigenvalue weighted by molar-refractivity contribution is 5.83. The van der Waals surface area contributed by atoms with Crippen molar-refractivity contribution in [3.05, 3.63) is 0 Å². The van der Waals surface area contributed by atoms with Gasteiger partial charge in [0.05, 0.1) is 6.61 Å². The van der Waals surface area contributed by atoms with Crippen molar-refractivity contribution in [2.45, 2.75) is 59.0 Å². The predicted molar refractivity (Wildman–Crippen MR) is 66.7 cm³/mol. The fourth-order valence-electron chi connectivity index (χ4n) is 1.36. The average molecular weight is 244 g/mol. The van der Waals surface area contributed by atoms with Gasteiger partial charge in [-0.15, -0.1) is 0 Å². The molecule has 0 aliphatic heterocycles. The molecule has 0 saturated heterocycles. The molecule has 0 fully saturated rings. The number of nitrogens with one attached hydrogen (secondary N) is 2. The molecule has 0 saturated carbocycles. The second kappa shape index (κ2) is 8.84. The topological polar surface area (TPSA) is 67.4 Å². The van der Waals surface area contributed by atoms with Gasteiger partial charge in [0.25, 0.3) is 0 Å². The SMILES string of the molecule is CCCCC(NC(=O)NC(C)C)C(=O)OCC. The molecule has 0 spiro atoms. The van der Waals surface area contributed by atoms with E-state index in [0.29, 0.717) is 13.0 Å². The normalized spacial score (nSPS) is 12.1. The number of urea groups is 1. The minimum Gasteiger partial charge on any atom is -0.464 e. The second-order valence-corrected chi connectivity index (χ2v) is 4.22. The highest BCUT2D eigenvalue weighted by Gasteiger charge is 2.21. The predicted octanol–water partition coefficient (Wildman–Crippen LogP) is 1.82. The zero-order valence-electron chi connectivity index (χ0n) is 11.2. The lowest BCUT2D eigenvalue weighted by atomic mass is 10.1. The molecule has 0 bridgehead atoms. The summed E-state index contributed by atoms with van der Waals surface area (Å²) in [5.41, 5.74) is 0. The molecule has 5 heteroatoms. The van der Waals surface area contributed by atoms with Gasteiger partial charge < -0.3 is 15.4 Å². The van der Waals surface area contributed by atoms with Crippen molar-refractivity contribution in [2.75, 3.05) is 6.61 Å². The molecule has 0 aromatic heterocycles. The van der Waals surface area contributed by atoms with E-state index in [1.807, 2.05) is 20.8 Å². The number of amides is 2. The Balaban J connectivity index is 4.26. The summed E-state index contributed by atoms with van der Waals surface area (Å²) in [6.45, 7) is 7.85. The summed E-state index contributed by atoms with van der Waals surface area (Å²) in [5, 5.41) is 5.33. The lowest BCUT2D eigenvalue weighted by Gasteiger charge is -2.18. The summed E-state index contributed by atoms with van der Waals surface area (Å²) in [6, 6.07) is -0.827. The molecule has 1 atom stereocenters. The number of carbonyl (C=O) groups is 2. The van der Waals surface area contributed by atoms with E-state index in [-0.39, 0.29) is 18.0 Å². The highest BCUT2D eigenvalue weighted by Crippen LogP contribution is 2.03. The molecule has 1 unspecified atom stereocenters. The minimum absolute atomic E-state index is 0.0454. The molecule has 0 aromatic carbocycles. The van der Waals surface area contributed by atoms with Crippen LogP contribution in [0.4, 0.5) is 4.79 Å². The van der Waals surface area contributed by atoms with Crippen molar-refractivity contribution in [3.63, 3.8) is 0 Å². The van der Waals surface area contributed by atoms with E-state index in [9.17, 15) is 9.59 Å². The van der Waals surface area contributed by atoms with Gasteiger partial charge >= 0.3 is 12.0 Å². The molecule has 0 radical (unpaired) electrons. The zero-order valence-corrected chi connectivity index (χ0v) is 11.2. The van der Waals surface area contributed by atoms with Crippen LogP contribution >= 0.6 is 0 Å². The Morgan fingerprint density at radius 3 is 2.29 bits per heavy atom. The molecule has 2 amide bonds. The van der Waals surface area contributed by atoms with Gasteiger partial charge in [-0.05, 0) is 27.2 Å². The summed E-state index contributed by atoms with van der Waals surface area (Å²) >= 11 is 0. The number of rotatable bonds is 7. The Morgan fingerprint density at radius 1 is 1.18 bits per heavy atom. The van der Waals surface area contributed by atoms with Crippen LogP contribution in [-0.4, -0.2) is 30.7 Å². The van der Waals surface area contributed by atoms with Gasteiger partial charge in [-0.1, -0.05) is 19.8 Å². The van der Waals surface area contributed by atoms with Crippen LogP contribution in [0.2, 0.25) is 0 Å². The first-order valence-corrected chi connectivity index (χ1v) is 6.24. The monoisotopic (exact) mass is 244 g/mol. The van der Waals surface area contributed by atoms with Crippen molar-refractivity contribution in [2.24, 2.45) is 0 Å². The highest BCUT2D eigenvalue weighted by atomic mass is 16.5. The van der Waals surface area contributed by atoms with E-state index < -0.39 is 6.04 Å². The van der Waals surface area contributed by atoms with Crippen LogP contribution in [0.5, 0.6) is 0 Å². The maximum Gasteiger partial charge on any atom is 0.328 e. The van der Waals surface area contributed by atoms with Crippen LogP contribution in [0, 0.1) is 0 Å². The molecule has 5 nitrogen and oxygen atoms in total. The Labute approximate surface area is 103 Å². The lowest BCUT2D eigenvalue weighted by Crippen LogP contribution is -2.48. The molecule has 17 heavy (non-hydrogen) atoms. The Morgan fingerprint density at radius 2 is 1.82 bits per heavy atom. The molecular weight excluding hydrogens is 220 g/mol. The Kier molecular flexibility index (Phi) is 8.19. The smallest absolute Gasteiger partial charge is 0.328 e. The first-order chi connectivity index (χ1) is 8.01. The lowest BCUT2D eigenvalue weighted by molar-refractivity contribution is -0.145. The molecule has 2 N–H and O–H groups in total. The van der Waals surface area contributed by atoms with Crippen LogP contribution in [0.1, 0.15) is 47.0 Å². The third kappa shape index (κ3) is 7.60. The van der Waals surface area contributed by atoms with E-state index >= 15 is 0 Å². The van der Waals surface area contributed by atoms with Crippen molar-refractivity contribution < 1.29 is 14.3 Å². The molecule has 0 heterocycles. The van der Waals surface area contributed by atoms with E-state index in [1.54, 1.807) is 6.92 Å². The number of ether oxygens (including phenoxy) is 1. The second-order valence-electron chi connectivity index (χ2n) is 4.22. The van der Waals surface area contributed by atoms with E-state index in [2.05, 4.69) is 10.6 Å². The van der Waals surface area contributed by atoms with Gasteiger partial charge in [0.15, 0.2) is 0 Å². The molecule has 100 valence electrons. The summed E-state index contributed by atoms with van der Waals surface area (Å²) in [4.78, 5) is 23.1. The fraction of sp³-hybridized carbons (Fsp3) is 0.833. The number of hydrogen-bond donors (Lipinski definition) is 2. The number of unbranched alkanes of at least 4 members (excludes halogenated alkanes) is 1. The van der Waals surface area contributed by atoms with Crippen LogP contribution in [-0.2, 0) is 9.53 Å². The maximum absolute atomic E-state index is 11.6. The third-order valence-electron chi connectivity index (χ3n) is 2.14. The summed E-state index contributed by atoms with van der Waals surface area (Å²) < 4.78 is 4.93. The quantitative estimate of drug-likeness (QED) is 0.671. The largest absolute Gasteiger partial charge is 0.464 e. The van der Waals surface area contributed by atoms with Gasteiger partial charge in [0.2, 0.25) is 0 Å². The standard InChI is InChI=1S/C12H24N2O3/c1-5-7-8-10(11(15)17-6-2)14-12(16)13-9(3)4/h9-10H,5-8H2,1-4H3,(H2,13,14,16). The minimum atomic E-state index is -0.548. The van der Waals surface area contributed by atoms with Gasteiger partial charge in [0, 0.05) is 6.04 Å². The van der Waals surface area contributed by atoms with Crippen molar-refractivity contribution in [1.82, 2.24) is 10.6 Å². The molecule has 0 aliphatic carbocycles. The van der Waals surface area contributed by atoms with Crippen molar-refractivity contribution in [1.29, 1.82) is 0 Å². The third-order valence-corrected chi connectivity index (χ3v) is 2.14. The van der Waals surface area contributed by atoms with Crippen LogP contribution in [0.25, 0.3) is 0 Å². The molecule has 0 aromatic rings. The summed E-state index contributed by atoms with van der Waals surface area (Å²) in [7, 11) is 0. The van der Waals surface area contributed by atoms with E-state index in [0.717, 1.165) is 12.8 Å². The Hall–Kier alpha value is -1.26. The van der Waals surface area contributed by atoms with Crippen LogP contribution < -0.4 is 10.6 Å². The molecule has 0 aliphatic rings. The number of esters is 1. The van der Waals surface area contributed by atoms with Gasteiger partial charge in [-0.25, -0.2) is 9.59 Å². The van der Waals surface area contributed by atoms with Gasteiger partial charge in [-0.2, -0.15) is 0 Å². The van der Waals surface area contributed by atoms with Crippen LogP contribution in [0.15, 0.2) is 0 Å². The zero-order chi connectivity index (χ0) is 13.3. The van der Waals surface area contributed by atoms with Crippen molar-refractivity contribution >= 4 is 12.0 Å². The average Bonchev–Trinajstić information content (AvgIpc) is 2.23. The first kappa shape index (κ1) is 15.7. The van der Waals surface area contributed by atoms with Gasteiger partial charge in [0.1, 0.15) is 6.04 Å². The van der Waals surface area contributed by atoms with Crippen LogP contribution in [0.3, 0.4) is 0 Å². The number of carbonyl (C=O) groups excluding carboxylic acids is 2. The molecular formula is C12H24N2O3. The van der Waals surface area contributed by atoms with E-state index in [4.69, 9.17) is 4.74 Å². The molecule has 0 rings (SSSR count). The van der Waals surface area contributed by atoms with Gasteiger partial charge in [-0.3, -0.25) is 0 Å². The fourth-order valence-corrected chi connectivity index (χ4v) is 1.36.